The number of fused-ring (bicyclic) bond motifs is 1. The number of imidazole rings is 1. The highest BCUT2D eigenvalue weighted by Crippen LogP contribution is 2.19. The van der Waals surface area contributed by atoms with Crippen molar-refractivity contribution in [3.63, 3.8) is 0 Å². The van der Waals surface area contributed by atoms with Gasteiger partial charge in [0.25, 0.3) is 5.56 Å². The number of H-pyrrole nitrogens is 2. The lowest BCUT2D eigenvalue weighted by Gasteiger charge is -2.01. The number of nitrogens with one attached hydrogen (secondary N) is 3. The average molecular weight is 276 g/mol. The summed E-state index contributed by atoms with van der Waals surface area (Å²) in [6.07, 6.45) is 0. The Balaban J connectivity index is 1.98. The molecule has 19 heavy (non-hydrogen) atoms. The Morgan fingerprint density at radius 3 is 2.74 bits per heavy atom. The number of halogens is 1. The minimum Gasteiger partial charge on any atom is -0.324 e. The fourth-order valence-corrected chi connectivity index (χ4v) is 1.96. The number of aromatic amines is 2. The lowest BCUT2D eigenvalue weighted by atomic mass is 10.3. The molecule has 0 saturated heterocycles. The second-order valence-electron chi connectivity index (χ2n) is 4.11. The Morgan fingerprint density at radius 1 is 1.16 bits per heavy atom. The van der Waals surface area contributed by atoms with E-state index >= 15 is 0 Å². The molecule has 0 amide bonds. The maximum atomic E-state index is 11.3. The van der Waals surface area contributed by atoms with Crippen molar-refractivity contribution in [1.82, 2.24) is 19.9 Å². The van der Waals surface area contributed by atoms with Gasteiger partial charge < -0.3 is 4.98 Å². The summed E-state index contributed by atoms with van der Waals surface area (Å²) >= 11 is 5.90. The third-order valence-electron chi connectivity index (χ3n) is 2.55. The van der Waals surface area contributed by atoms with Crippen LogP contribution in [0, 0.1) is 6.92 Å². The predicted octanol–water partition coefficient (Wildman–Crippen LogP) is 2.35. The molecule has 0 aliphatic heterocycles. The largest absolute Gasteiger partial charge is 0.324 e. The molecule has 3 aromatic rings. The summed E-state index contributed by atoms with van der Waals surface area (Å²) in [6.45, 7) is 1.75. The number of hydrogen-bond donors (Lipinski definition) is 3. The van der Waals surface area contributed by atoms with Gasteiger partial charge in [-0.2, -0.15) is 0 Å². The van der Waals surface area contributed by atoms with Gasteiger partial charge in [0.15, 0.2) is 0 Å². The number of aromatic nitrogens is 4. The first-order valence-corrected chi connectivity index (χ1v) is 5.98. The monoisotopic (exact) mass is 275 g/mol. The summed E-state index contributed by atoms with van der Waals surface area (Å²) in [4.78, 5) is 25.5. The smallest absolute Gasteiger partial charge is 0.252 e. The average Bonchev–Trinajstić information content (AvgIpc) is 2.68. The van der Waals surface area contributed by atoms with E-state index in [1.165, 1.54) is 6.07 Å². The molecule has 3 rings (SSSR count). The number of nitrogens with zero attached hydrogens (tertiary/aromatic N) is 2. The highest BCUT2D eigenvalue weighted by atomic mass is 35.5. The molecule has 0 spiro atoms. The van der Waals surface area contributed by atoms with Gasteiger partial charge in [-0.15, -0.1) is 0 Å². The van der Waals surface area contributed by atoms with Gasteiger partial charge in [-0.1, -0.05) is 11.6 Å². The minimum absolute atomic E-state index is 0.214. The molecule has 0 atom stereocenters. The fourth-order valence-electron chi connectivity index (χ4n) is 1.79. The lowest BCUT2D eigenvalue weighted by Crippen LogP contribution is -2.10. The predicted molar refractivity (Wildman–Crippen MR) is 74.0 cm³/mol. The van der Waals surface area contributed by atoms with Crippen LogP contribution < -0.4 is 10.9 Å². The zero-order valence-corrected chi connectivity index (χ0v) is 10.7. The third-order valence-corrected chi connectivity index (χ3v) is 2.79. The van der Waals surface area contributed by atoms with Gasteiger partial charge in [-0.05, 0) is 25.1 Å². The number of anilines is 2. The van der Waals surface area contributed by atoms with E-state index in [0.29, 0.717) is 22.6 Å². The van der Waals surface area contributed by atoms with Crippen molar-refractivity contribution in [1.29, 1.82) is 0 Å². The molecule has 96 valence electrons. The topological polar surface area (TPSA) is 86.5 Å². The van der Waals surface area contributed by atoms with Gasteiger partial charge >= 0.3 is 0 Å². The molecule has 0 saturated carbocycles. The molecule has 0 unspecified atom stereocenters. The van der Waals surface area contributed by atoms with Gasteiger partial charge in [-0.3, -0.25) is 15.1 Å². The van der Waals surface area contributed by atoms with Crippen LogP contribution in [-0.2, 0) is 0 Å². The fraction of sp³-hybridized carbons (Fsp3) is 0.0833. The van der Waals surface area contributed by atoms with Crippen molar-refractivity contribution >= 4 is 34.5 Å². The van der Waals surface area contributed by atoms with Gasteiger partial charge in [0, 0.05) is 16.8 Å². The Labute approximate surface area is 112 Å². The van der Waals surface area contributed by atoms with E-state index < -0.39 is 0 Å². The first-order chi connectivity index (χ1) is 9.10. The van der Waals surface area contributed by atoms with E-state index in [9.17, 15) is 4.79 Å². The summed E-state index contributed by atoms with van der Waals surface area (Å²) in [7, 11) is 0. The molecule has 0 aliphatic carbocycles. The molecular weight excluding hydrogens is 266 g/mol. The Morgan fingerprint density at radius 2 is 1.95 bits per heavy atom. The molecule has 2 heterocycles. The molecule has 7 heteroatoms. The third kappa shape index (κ3) is 2.43. The molecule has 1 aromatic carbocycles. The van der Waals surface area contributed by atoms with Gasteiger partial charge in [0.1, 0.15) is 0 Å². The normalized spacial score (nSPS) is 10.8. The Hall–Kier alpha value is -2.34. The summed E-state index contributed by atoms with van der Waals surface area (Å²) < 4.78 is 0. The molecule has 0 aliphatic rings. The summed E-state index contributed by atoms with van der Waals surface area (Å²) in [5.41, 5.74) is 2.01. The number of aryl methyl sites for hydroxylation is 1. The summed E-state index contributed by atoms with van der Waals surface area (Å²) in [5.74, 6) is 0.834. The van der Waals surface area contributed by atoms with Crippen LogP contribution >= 0.6 is 11.6 Å². The van der Waals surface area contributed by atoms with E-state index in [0.717, 1.165) is 11.0 Å². The summed E-state index contributed by atoms with van der Waals surface area (Å²) in [5, 5.41) is 3.55. The van der Waals surface area contributed by atoms with Crippen LogP contribution in [0.15, 0.2) is 29.1 Å². The van der Waals surface area contributed by atoms with Crippen LogP contribution in [0.25, 0.3) is 11.0 Å². The van der Waals surface area contributed by atoms with E-state index in [-0.39, 0.29) is 5.56 Å². The SMILES string of the molecule is Cc1cc(=O)[nH]c(Nc2nc3ccc(Cl)cc3[nH]2)n1. The van der Waals surface area contributed by atoms with Crippen molar-refractivity contribution in [3.8, 4) is 0 Å². The molecule has 3 N–H and O–H groups in total. The molecular formula is C12H10ClN5O. The van der Waals surface area contributed by atoms with E-state index in [4.69, 9.17) is 11.6 Å². The highest BCUT2D eigenvalue weighted by Gasteiger charge is 2.05. The van der Waals surface area contributed by atoms with Gasteiger partial charge in [-0.25, -0.2) is 9.97 Å². The summed E-state index contributed by atoms with van der Waals surface area (Å²) in [6, 6.07) is 6.78. The molecule has 0 radical (unpaired) electrons. The first kappa shape index (κ1) is 11.7. The second kappa shape index (κ2) is 4.40. The first-order valence-electron chi connectivity index (χ1n) is 5.60. The van der Waals surface area contributed by atoms with Crippen molar-refractivity contribution in [2.24, 2.45) is 0 Å². The maximum absolute atomic E-state index is 11.3. The lowest BCUT2D eigenvalue weighted by molar-refractivity contribution is 1.06. The van der Waals surface area contributed by atoms with Crippen LogP contribution in [0.2, 0.25) is 5.02 Å². The van der Waals surface area contributed by atoms with Gasteiger partial charge in [0.05, 0.1) is 11.0 Å². The Bertz CT molecular complexity index is 807. The number of benzene rings is 1. The standard InChI is InChI=1S/C12H10ClN5O/c1-6-4-10(19)17-11(14-6)18-12-15-8-3-2-7(13)5-9(8)16-12/h2-5H,1H3,(H3,14,15,16,17,18,19). The molecule has 0 fully saturated rings. The van der Waals surface area contributed by atoms with Crippen LogP contribution in [0.4, 0.5) is 11.9 Å². The highest BCUT2D eigenvalue weighted by molar-refractivity contribution is 6.31. The van der Waals surface area contributed by atoms with E-state index in [1.807, 2.05) is 6.07 Å². The zero-order valence-electron chi connectivity index (χ0n) is 9.99. The number of rotatable bonds is 2. The Kier molecular flexibility index (Phi) is 2.72. The maximum Gasteiger partial charge on any atom is 0.252 e. The molecule has 0 bridgehead atoms. The zero-order chi connectivity index (χ0) is 13.4. The molecule has 6 nitrogen and oxygen atoms in total. The van der Waals surface area contributed by atoms with Crippen molar-refractivity contribution in [2.45, 2.75) is 6.92 Å². The minimum atomic E-state index is -0.214. The van der Waals surface area contributed by atoms with Crippen LogP contribution in [0.5, 0.6) is 0 Å². The van der Waals surface area contributed by atoms with Crippen LogP contribution in [0.3, 0.4) is 0 Å². The van der Waals surface area contributed by atoms with Crippen LogP contribution in [0.1, 0.15) is 5.69 Å². The van der Waals surface area contributed by atoms with E-state index in [1.54, 1.807) is 19.1 Å². The van der Waals surface area contributed by atoms with Crippen molar-refractivity contribution < 1.29 is 0 Å². The van der Waals surface area contributed by atoms with Crippen LogP contribution in [-0.4, -0.2) is 19.9 Å². The van der Waals surface area contributed by atoms with Gasteiger partial charge in [0.2, 0.25) is 11.9 Å². The number of hydrogen-bond acceptors (Lipinski definition) is 4. The molecule has 2 aromatic heterocycles. The van der Waals surface area contributed by atoms with Crippen molar-refractivity contribution in [3.05, 3.63) is 45.3 Å². The second-order valence-corrected chi connectivity index (χ2v) is 4.54. The van der Waals surface area contributed by atoms with Crippen molar-refractivity contribution in [2.75, 3.05) is 5.32 Å². The quantitative estimate of drug-likeness (QED) is 0.670. The van der Waals surface area contributed by atoms with E-state index in [2.05, 4.69) is 25.3 Å².